The fourth-order valence-electron chi connectivity index (χ4n) is 3.77. The van der Waals surface area contributed by atoms with Gasteiger partial charge in [-0.1, -0.05) is 30.0 Å². The predicted octanol–water partition coefficient (Wildman–Crippen LogP) is 4.57. The first-order valence-electron chi connectivity index (χ1n) is 9.14. The Labute approximate surface area is 154 Å². The van der Waals surface area contributed by atoms with Gasteiger partial charge in [-0.05, 0) is 70.1 Å². The Morgan fingerprint density at radius 2 is 1.80 bits per heavy atom. The quantitative estimate of drug-likeness (QED) is 0.873. The van der Waals surface area contributed by atoms with Crippen molar-refractivity contribution in [2.75, 3.05) is 24.5 Å². The van der Waals surface area contributed by atoms with Gasteiger partial charge in [-0.2, -0.15) is 0 Å². The van der Waals surface area contributed by atoms with Crippen molar-refractivity contribution >= 4 is 17.4 Å². The summed E-state index contributed by atoms with van der Waals surface area (Å²) in [5.41, 5.74) is 1.09. The molecule has 4 rings (SSSR count). The molecular formula is C21H26N2OS. The first-order valence-corrected chi connectivity index (χ1v) is 9.96. The van der Waals surface area contributed by atoms with Crippen LogP contribution in [0.4, 0.5) is 5.69 Å². The molecule has 2 aliphatic heterocycles. The third-order valence-corrected chi connectivity index (χ3v) is 5.90. The van der Waals surface area contributed by atoms with E-state index in [9.17, 15) is 0 Å². The smallest absolute Gasteiger partial charge is 0.144 e. The van der Waals surface area contributed by atoms with Crippen molar-refractivity contribution in [2.24, 2.45) is 0 Å². The minimum Gasteiger partial charge on any atom is -0.484 e. The van der Waals surface area contributed by atoms with E-state index in [0.717, 1.165) is 25.4 Å². The Morgan fingerprint density at radius 3 is 2.56 bits per heavy atom. The SMILES string of the molecule is CC1(C)CN(C2CCNCC2)c2ccc(Sc3ccccc3)cc2O1. The summed E-state index contributed by atoms with van der Waals surface area (Å²) < 4.78 is 6.35. The molecule has 0 atom stereocenters. The summed E-state index contributed by atoms with van der Waals surface area (Å²) in [5.74, 6) is 1.02. The van der Waals surface area contributed by atoms with E-state index in [1.807, 2.05) is 0 Å². The van der Waals surface area contributed by atoms with Gasteiger partial charge < -0.3 is 15.0 Å². The number of rotatable bonds is 3. The lowest BCUT2D eigenvalue weighted by molar-refractivity contribution is 0.0996. The molecule has 0 aliphatic carbocycles. The number of ether oxygens (including phenoxy) is 1. The molecule has 0 aromatic heterocycles. The number of nitrogens with zero attached hydrogens (tertiary/aromatic N) is 1. The van der Waals surface area contributed by atoms with Gasteiger partial charge in [0.05, 0.1) is 12.2 Å². The third kappa shape index (κ3) is 3.80. The zero-order valence-electron chi connectivity index (χ0n) is 15.0. The standard InChI is InChI=1S/C21H26N2OS/c1-21(2)15-23(16-10-12-22-13-11-16)19-9-8-18(14-20(19)24-21)25-17-6-4-3-5-7-17/h3-9,14,16,22H,10-13,15H2,1-2H3. The van der Waals surface area contributed by atoms with Gasteiger partial charge in [0, 0.05) is 15.8 Å². The highest BCUT2D eigenvalue weighted by molar-refractivity contribution is 7.99. The average molecular weight is 355 g/mol. The summed E-state index contributed by atoms with van der Waals surface area (Å²) in [6.45, 7) is 7.57. The van der Waals surface area contributed by atoms with Gasteiger partial charge in [0.25, 0.3) is 0 Å². The Morgan fingerprint density at radius 1 is 1.04 bits per heavy atom. The van der Waals surface area contributed by atoms with Gasteiger partial charge in [0.2, 0.25) is 0 Å². The van der Waals surface area contributed by atoms with Crippen molar-refractivity contribution < 1.29 is 4.74 Å². The van der Waals surface area contributed by atoms with Crippen molar-refractivity contribution in [3.8, 4) is 5.75 Å². The van der Waals surface area contributed by atoms with Crippen LogP contribution in [-0.4, -0.2) is 31.3 Å². The molecule has 1 N–H and O–H groups in total. The highest BCUT2D eigenvalue weighted by atomic mass is 32.2. The molecule has 0 amide bonds. The Hall–Kier alpha value is -1.65. The Bertz CT molecular complexity index is 726. The van der Waals surface area contributed by atoms with E-state index in [1.165, 1.54) is 28.3 Å². The molecule has 0 saturated carbocycles. The number of fused-ring (bicyclic) bond motifs is 1. The minimum atomic E-state index is -0.159. The van der Waals surface area contributed by atoms with Crippen LogP contribution in [0.1, 0.15) is 26.7 Å². The van der Waals surface area contributed by atoms with Crippen LogP contribution >= 0.6 is 11.8 Å². The maximum atomic E-state index is 6.35. The van der Waals surface area contributed by atoms with E-state index in [2.05, 4.69) is 72.6 Å². The summed E-state index contributed by atoms with van der Waals surface area (Å²) in [4.78, 5) is 5.07. The summed E-state index contributed by atoms with van der Waals surface area (Å²) in [6.07, 6.45) is 2.41. The van der Waals surface area contributed by atoms with Gasteiger partial charge >= 0.3 is 0 Å². The van der Waals surface area contributed by atoms with Crippen molar-refractivity contribution in [2.45, 2.75) is 48.1 Å². The normalized spacial score (nSPS) is 20.0. The first-order chi connectivity index (χ1) is 12.1. The van der Waals surface area contributed by atoms with Crippen molar-refractivity contribution in [3.05, 3.63) is 48.5 Å². The second-order valence-corrected chi connectivity index (χ2v) is 8.66. The largest absolute Gasteiger partial charge is 0.484 e. The average Bonchev–Trinajstić information content (AvgIpc) is 2.61. The van der Waals surface area contributed by atoms with Gasteiger partial charge in [0.1, 0.15) is 11.4 Å². The predicted molar refractivity (Wildman–Crippen MR) is 105 cm³/mol. The monoisotopic (exact) mass is 354 g/mol. The van der Waals surface area contributed by atoms with Crippen LogP contribution in [0.25, 0.3) is 0 Å². The number of piperidine rings is 1. The van der Waals surface area contributed by atoms with Crippen LogP contribution in [0, 0.1) is 0 Å². The topological polar surface area (TPSA) is 24.5 Å². The van der Waals surface area contributed by atoms with Crippen LogP contribution in [-0.2, 0) is 0 Å². The highest BCUT2D eigenvalue weighted by Crippen LogP contribution is 2.42. The van der Waals surface area contributed by atoms with Gasteiger partial charge in [-0.25, -0.2) is 0 Å². The van der Waals surface area contributed by atoms with Crippen molar-refractivity contribution in [3.63, 3.8) is 0 Å². The molecule has 0 spiro atoms. The van der Waals surface area contributed by atoms with Gasteiger partial charge in [-0.3, -0.25) is 0 Å². The summed E-state index contributed by atoms with van der Waals surface area (Å²) in [7, 11) is 0. The lowest BCUT2D eigenvalue weighted by atomic mass is 9.98. The van der Waals surface area contributed by atoms with E-state index in [1.54, 1.807) is 11.8 Å². The van der Waals surface area contributed by atoms with E-state index in [0.29, 0.717) is 6.04 Å². The third-order valence-electron chi connectivity index (χ3n) is 4.91. The summed E-state index contributed by atoms with van der Waals surface area (Å²) >= 11 is 1.79. The Balaban J connectivity index is 1.63. The van der Waals surface area contributed by atoms with Crippen molar-refractivity contribution in [1.82, 2.24) is 5.32 Å². The molecule has 0 bridgehead atoms. The van der Waals surface area contributed by atoms with Gasteiger partial charge in [0.15, 0.2) is 0 Å². The first kappa shape index (κ1) is 16.8. The van der Waals surface area contributed by atoms with E-state index < -0.39 is 0 Å². The van der Waals surface area contributed by atoms with Crippen LogP contribution in [0.5, 0.6) is 5.75 Å². The second kappa shape index (κ2) is 6.93. The summed E-state index contributed by atoms with van der Waals surface area (Å²) in [5, 5.41) is 3.47. The minimum absolute atomic E-state index is 0.159. The molecule has 3 nitrogen and oxygen atoms in total. The van der Waals surface area contributed by atoms with E-state index in [-0.39, 0.29) is 5.60 Å². The molecule has 1 saturated heterocycles. The molecule has 25 heavy (non-hydrogen) atoms. The van der Waals surface area contributed by atoms with E-state index in [4.69, 9.17) is 4.74 Å². The second-order valence-electron chi connectivity index (χ2n) is 7.52. The molecule has 2 aromatic rings. The molecular weight excluding hydrogens is 328 g/mol. The van der Waals surface area contributed by atoms with Crippen molar-refractivity contribution in [1.29, 1.82) is 0 Å². The fraction of sp³-hybridized carbons (Fsp3) is 0.429. The molecule has 2 aromatic carbocycles. The number of anilines is 1. The molecule has 4 heteroatoms. The lowest BCUT2D eigenvalue weighted by Crippen LogP contribution is -2.53. The molecule has 0 radical (unpaired) electrons. The van der Waals surface area contributed by atoms with E-state index >= 15 is 0 Å². The number of benzene rings is 2. The molecule has 2 aliphatic rings. The van der Waals surface area contributed by atoms with Crippen LogP contribution in [0.3, 0.4) is 0 Å². The molecule has 2 heterocycles. The van der Waals surface area contributed by atoms with Crippen LogP contribution in [0.2, 0.25) is 0 Å². The zero-order valence-corrected chi connectivity index (χ0v) is 15.8. The lowest BCUT2D eigenvalue weighted by Gasteiger charge is -2.46. The molecule has 132 valence electrons. The number of nitrogens with one attached hydrogen (secondary N) is 1. The summed E-state index contributed by atoms with van der Waals surface area (Å²) in [6, 6.07) is 17.8. The fourth-order valence-corrected chi connectivity index (χ4v) is 4.64. The maximum absolute atomic E-state index is 6.35. The number of hydrogen-bond donors (Lipinski definition) is 1. The maximum Gasteiger partial charge on any atom is 0.144 e. The molecule has 1 fully saturated rings. The molecule has 0 unspecified atom stereocenters. The van der Waals surface area contributed by atoms with Gasteiger partial charge in [-0.15, -0.1) is 0 Å². The highest BCUT2D eigenvalue weighted by Gasteiger charge is 2.35. The Kier molecular flexibility index (Phi) is 4.65. The number of hydrogen-bond acceptors (Lipinski definition) is 4. The van der Waals surface area contributed by atoms with Crippen LogP contribution < -0.4 is 15.0 Å². The zero-order chi connectivity index (χ0) is 17.3. The van der Waals surface area contributed by atoms with Crippen LogP contribution in [0.15, 0.2) is 58.3 Å².